The highest BCUT2D eigenvalue weighted by Crippen LogP contribution is 2.05. The lowest BCUT2D eigenvalue weighted by Crippen LogP contribution is -2.22. The number of rotatable bonds is 5. The third kappa shape index (κ3) is 4.26. The Hall–Kier alpha value is -1.15. The molecule has 0 saturated heterocycles. The van der Waals surface area contributed by atoms with E-state index in [1.807, 2.05) is 12.1 Å². The van der Waals surface area contributed by atoms with Crippen molar-refractivity contribution < 1.29 is 4.39 Å². The van der Waals surface area contributed by atoms with Crippen LogP contribution in [-0.2, 0) is 0 Å². The summed E-state index contributed by atoms with van der Waals surface area (Å²) in [4.78, 5) is 2.30. The molecular formula is C13H18FN. The predicted octanol–water partition coefficient (Wildman–Crippen LogP) is 3.18. The molecule has 2 heteroatoms. The summed E-state index contributed by atoms with van der Waals surface area (Å²) in [5, 5.41) is 0. The van der Waals surface area contributed by atoms with E-state index in [2.05, 4.69) is 24.8 Å². The number of likely N-dealkylation sites (N-methyl/N-ethyl adjacent to an activating group) is 1. The second-order valence-electron chi connectivity index (χ2n) is 3.44. The first-order chi connectivity index (χ1) is 7.26. The third-order valence-electron chi connectivity index (χ3n) is 2.42. The van der Waals surface area contributed by atoms with Crippen molar-refractivity contribution in [2.24, 2.45) is 0 Å². The van der Waals surface area contributed by atoms with Gasteiger partial charge in [-0.15, -0.1) is 0 Å². The van der Waals surface area contributed by atoms with Gasteiger partial charge in [-0.2, -0.15) is 0 Å². The summed E-state index contributed by atoms with van der Waals surface area (Å²) in [5.74, 6) is -0.181. The van der Waals surface area contributed by atoms with E-state index in [4.69, 9.17) is 0 Å². The van der Waals surface area contributed by atoms with Gasteiger partial charge in [0.25, 0.3) is 0 Å². The van der Waals surface area contributed by atoms with Crippen LogP contribution in [0.15, 0.2) is 30.3 Å². The standard InChI is InChI=1S/C13H18FN/c1-3-15(4-2)10-6-8-12-7-5-9-13(14)11-12/h5-9,11H,3-4,10H2,1-2H3. The molecule has 0 aliphatic heterocycles. The van der Waals surface area contributed by atoms with Gasteiger partial charge in [0.1, 0.15) is 5.82 Å². The zero-order chi connectivity index (χ0) is 11.1. The number of hydrogen-bond acceptors (Lipinski definition) is 1. The second kappa shape index (κ2) is 6.36. The van der Waals surface area contributed by atoms with Gasteiger partial charge < -0.3 is 4.90 Å². The molecule has 0 N–H and O–H groups in total. The molecule has 0 aromatic heterocycles. The van der Waals surface area contributed by atoms with Crippen molar-refractivity contribution in [3.63, 3.8) is 0 Å². The smallest absolute Gasteiger partial charge is 0.123 e. The van der Waals surface area contributed by atoms with Crippen LogP contribution in [0.5, 0.6) is 0 Å². The molecule has 82 valence electrons. The molecule has 1 aromatic rings. The Morgan fingerprint density at radius 1 is 1.27 bits per heavy atom. The average molecular weight is 207 g/mol. The minimum Gasteiger partial charge on any atom is -0.300 e. The Bertz CT molecular complexity index is 316. The second-order valence-corrected chi connectivity index (χ2v) is 3.44. The van der Waals surface area contributed by atoms with Gasteiger partial charge in [-0.05, 0) is 30.8 Å². The largest absolute Gasteiger partial charge is 0.300 e. The van der Waals surface area contributed by atoms with Gasteiger partial charge in [-0.1, -0.05) is 38.1 Å². The molecule has 0 aliphatic rings. The van der Waals surface area contributed by atoms with Crippen LogP contribution in [0.3, 0.4) is 0 Å². The summed E-state index contributed by atoms with van der Waals surface area (Å²) in [7, 11) is 0. The maximum atomic E-state index is 12.8. The number of benzene rings is 1. The average Bonchev–Trinajstić information content (AvgIpc) is 2.25. The first kappa shape index (κ1) is 11.9. The van der Waals surface area contributed by atoms with E-state index in [-0.39, 0.29) is 5.82 Å². The quantitative estimate of drug-likeness (QED) is 0.716. The summed E-state index contributed by atoms with van der Waals surface area (Å²) in [5.41, 5.74) is 0.919. The lowest BCUT2D eigenvalue weighted by atomic mass is 10.2. The molecule has 15 heavy (non-hydrogen) atoms. The van der Waals surface area contributed by atoms with E-state index < -0.39 is 0 Å². The predicted molar refractivity (Wildman–Crippen MR) is 63.2 cm³/mol. The van der Waals surface area contributed by atoms with Crippen LogP contribution in [-0.4, -0.2) is 24.5 Å². The molecule has 0 radical (unpaired) electrons. The van der Waals surface area contributed by atoms with E-state index in [0.29, 0.717) is 0 Å². The molecule has 0 amide bonds. The van der Waals surface area contributed by atoms with Crippen molar-refractivity contribution in [3.05, 3.63) is 41.7 Å². The molecule has 0 unspecified atom stereocenters. The maximum absolute atomic E-state index is 12.8. The molecular weight excluding hydrogens is 189 g/mol. The van der Waals surface area contributed by atoms with Gasteiger partial charge in [-0.3, -0.25) is 0 Å². The van der Waals surface area contributed by atoms with Gasteiger partial charge in [0.2, 0.25) is 0 Å². The SMILES string of the molecule is CCN(CC)CC=Cc1cccc(F)c1. The Balaban J connectivity index is 2.50. The van der Waals surface area contributed by atoms with Crippen LogP contribution in [0.1, 0.15) is 19.4 Å². The fraction of sp³-hybridized carbons (Fsp3) is 0.385. The zero-order valence-electron chi connectivity index (χ0n) is 9.41. The molecule has 0 bridgehead atoms. The highest BCUT2D eigenvalue weighted by atomic mass is 19.1. The third-order valence-corrected chi connectivity index (χ3v) is 2.42. The Labute approximate surface area is 91.2 Å². The molecule has 1 aromatic carbocycles. The Kier molecular flexibility index (Phi) is 5.05. The van der Waals surface area contributed by atoms with Gasteiger partial charge in [0.15, 0.2) is 0 Å². The topological polar surface area (TPSA) is 3.24 Å². The summed E-state index contributed by atoms with van der Waals surface area (Å²) >= 11 is 0. The first-order valence-electron chi connectivity index (χ1n) is 5.40. The summed E-state index contributed by atoms with van der Waals surface area (Å²) in [6.45, 7) is 7.29. The van der Waals surface area contributed by atoms with E-state index in [1.54, 1.807) is 12.1 Å². The van der Waals surface area contributed by atoms with E-state index in [0.717, 1.165) is 25.2 Å². The highest BCUT2D eigenvalue weighted by molar-refractivity contribution is 5.49. The summed E-state index contributed by atoms with van der Waals surface area (Å²) in [6, 6.07) is 6.63. The normalized spacial score (nSPS) is 11.5. The van der Waals surface area contributed by atoms with Crippen LogP contribution in [0.25, 0.3) is 6.08 Å². The van der Waals surface area contributed by atoms with Crippen LogP contribution < -0.4 is 0 Å². The molecule has 1 rings (SSSR count). The zero-order valence-corrected chi connectivity index (χ0v) is 9.41. The molecule has 0 aliphatic carbocycles. The minimum absolute atomic E-state index is 0.181. The van der Waals surface area contributed by atoms with E-state index in [9.17, 15) is 4.39 Å². The molecule has 0 atom stereocenters. The van der Waals surface area contributed by atoms with Crippen molar-refractivity contribution in [1.82, 2.24) is 4.90 Å². The lowest BCUT2D eigenvalue weighted by Gasteiger charge is -2.14. The molecule has 0 heterocycles. The number of hydrogen-bond donors (Lipinski definition) is 0. The van der Waals surface area contributed by atoms with Crippen LogP contribution in [0, 0.1) is 5.82 Å². The van der Waals surface area contributed by atoms with Crippen molar-refractivity contribution in [3.8, 4) is 0 Å². The molecule has 0 spiro atoms. The van der Waals surface area contributed by atoms with Crippen molar-refractivity contribution in [1.29, 1.82) is 0 Å². The molecule has 1 nitrogen and oxygen atoms in total. The van der Waals surface area contributed by atoms with E-state index >= 15 is 0 Å². The lowest BCUT2D eigenvalue weighted by molar-refractivity contribution is 0.338. The maximum Gasteiger partial charge on any atom is 0.123 e. The fourth-order valence-corrected chi connectivity index (χ4v) is 1.43. The summed E-state index contributed by atoms with van der Waals surface area (Å²) in [6.07, 6.45) is 4.03. The first-order valence-corrected chi connectivity index (χ1v) is 5.40. The minimum atomic E-state index is -0.181. The Morgan fingerprint density at radius 2 is 2.00 bits per heavy atom. The van der Waals surface area contributed by atoms with Crippen molar-refractivity contribution in [2.45, 2.75) is 13.8 Å². The molecule has 0 fully saturated rings. The number of nitrogens with zero attached hydrogens (tertiary/aromatic N) is 1. The van der Waals surface area contributed by atoms with Crippen LogP contribution >= 0.6 is 0 Å². The number of halogens is 1. The van der Waals surface area contributed by atoms with Crippen LogP contribution in [0.4, 0.5) is 4.39 Å². The van der Waals surface area contributed by atoms with Gasteiger partial charge in [-0.25, -0.2) is 4.39 Å². The monoisotopic (exact) mass is 207 g/mol. The van der Waals surface area contributed by atoms with Crippen LogP contribution in [0.2, 0.25) is 0 Å². The van der Waals surface area contributed by atoms with Gasteiger partial charge in [0.05, 0.1) is 0 Å². The Morgan fingerprint density at radius 3 is 2.60 bits per heavy atom. The highest BCUT2D eigenvalue weighted by Gasteiger charge is 1.94. The van der Waals surface area contributed by atoms with Gasteiger partial charge in [0, 0.05) is 6.54 Å². The van der Waals surface area contributed by atoms with E-state index in [1.165, 1.54) is 6.07 Å². The fourth-order valence-electron chi connectivity index (χ4n) is 1.43. The van der Waals surface area contributed by atoms with Crippen molar-refractivity contribution >= 4 is 6.08 Å². The van der Waals surface area contributed by atoms with Crippen molar-refractivity contribution in [2.75, 3.05) is 19.6 Å². The van der Waals surface area contributed by atoms with Gasteiger partial charge >= 0.3 is 0 Å². The summed E-state index contributed by atoms with van der Waals surface area (Å²) < 4.78 is 12.8. The molecule has 0 saturated carbocycles.